The number of benzene rings is 1. The van der Waals surface area contributed by atoms with E-state index in [0.29, 0.717) is 31.7 Å². The van der Waals surface area contributed by atoms with Crippen molar-refractivity contribution in [2.75, 3.05) is 20.1 Å². The van der Waals surface area contributed by atoms with Crippen LogP contribution in [0.4, 0.5) is 0 Å². The number of H-pyrrole nitrogens is 1. The Morgan fingerprint density at radius 2 is 1.67 bits per heavy atom. The van der Waals surface area contributed by atoms with Crippen molar-refractivity contribution in [3.05, 3.63) is 65.6 Å². The van der Waals surface area contributed by atoms with Gasteiger partial charge in [-0.25, -0.2) is 0 Å². The highest BCUT2D eigenvalue weighted by Crippen LogP contribution is 2.67. The maximum absolute atomic E-state index is 15.0. The van der Waals surface area contributed by atoms with Gasteiger partial charge in [0.15, 0.2) is 0 Å². The van der Waals surface area contributed by atoms with Crippen LogP contribution in [-0.2, 0) is 16.1 Å². The molecule has 2 aromatic heterocycles. The number of amides is 2. The highest BCUT2D eigenvalue weighted by atomic mass is 16.2. The van der Waals surface area contributed by atoms with Crippen molar-refractivity contribution in [3.63, 3.8) is 0 Å². The maximum atomic E-state index is 15.0. The lowest BCUT2D eigenvalue weighted by molar-refractivity contribution is -0.155. The van der Waals surface area contributed by atoms with Crippen molar-refractivity contribution in [2.45, 2.75) is 102 Å². The molecule has 5 saturated carbocycles. The number of nitrogens with one attached hydrogen (secondary N) is 2. The monoisotopic (exact) mass is 621 g/mol. The average molecular weight is 622 g/mol. The summed E-state index contributed by atoms with van der Waals surface area (Å²) in [6.07, 6.45) is 12.7. The number of aryl methyl sites for hydroxylation is 1. The summed E-state index contributed by atoms with van der Waals surface area (Å²) in [6.45, 7) is 8.81. The van der Waals surface area contributed by atoms with Gasteiger partial charge in [-0.1, -0.05) is 38.1 Å². The molecule has 0 spiro atoms. The molecular weight excluding hydrogens is 570 g/mol. The number of carbonyl (C=O) groups is 2. The van der Waals surface area contributed by atoms with Crippen molar-refractivity contribution in [3.8, 4) is 0 Å². The molecule has 2 amide bonds. The molecule has 244 valence electrons. The molecule has 3 aromatic rings. The zero-order valence-corrected chi connectivity index (χ0v) is 28.1. The summed E-state index contributed by atoms with van der Waals surface area (Å²) in [7, 11) is 2.13. The number of pyridine rings is 1. The first kappa shape index (κ1) is 30.2. The Bertz CT molecular complexity index is 1600. The van der Waals surface area contributed by atoms with Crippen LogP contribution in [0.1, 0.15) is 94.4 Å². The Kier molecular flexibility index (Phi) is 7.17. The molecule has 7 heteroatoms. The van der Waals surface area contributed by atoms with Crippen LogP contribution in [0, 0.1) is 36.0 Å². The van der Waals surface area contributed by atoms with Crippen molar-refractivity contribution in [1.82, 2.24) is 25.1 Å². The first-order valence-electron chi connectivity index (χ1n) is 17.8. The van der Waals surface area contributed by atoms with Crippen LogP contribution >= 0.6 is 0 Å². The molecule has 1 aliphatic heterocycles. The fourth-order valence-electron chi connectivity index (χ4n) is 11.1. The SMILES string of the molecule is Cc1[nH]c2ccccc2c1C1C(CC(=O)N(Cc2cccnc2)C2(C(=O)NC34CC5CC(CC(C5)C3)C4)CCN(C)CC2)C1(C)C. The molecule has 1 saturated heterocycles. The predicted molar refractivity (Wildman–Crippen MR) is 181 cm³/mol. The molecule has 1 aromatic carbocycles. The molecular formula is C39H51N5O2. The first-order chi connectivity index (χ1) is 22.1. The largest absolute Gasteiger partial charge is 0.358 e. The van der Waals surface area contributed by atoms with Gasteiger partial charge >= 0.3 is 0 Å². The second-order valence-electron chi connectivity index (χ2n) is 16.6. The van der Waals surface area contributed by atoms with Gasteiger partial charge in [0, 0.05) is 60.6 Å². The topological polar surface area (TPSA) is 81.3 Å². The van der Waals surface area contributed by atoms with E-state index in [4.69, 9.17) is 0 Å². The highest BCUT2D eigenvalue weighted by molar-refractivity contribution is 5.93. The normalized spacial score (nSPS) is 32.4. The number of carbonyl (C=O) groups excluding carboxylic acids is 2. The highest BCUT2D eigenvalue weighted by Gasteiger charge is 2.61. The number of hydrogen-bond donors (Lipinski definition) is 2. The van der Waals surface area contributed by atoms with Crippen molar-refractivity contribution in [1.29, 1.82) is 0 Å². The molecule has 5 aliphatic carbocycles. The minimum absolute atomic E-state index is 0.00718. The summed E-state index contributed by atoms with van der Waals surface area (Å²) in [6, 6.07) is 12.5. The van der Waals surface area contributed by atoms with Gasteiger partial charge in [0.05, 0.1) is 0 Å². The molecule has 2 unspecified atom stereocenters. The Hall–Kier alpha value is -3.19. The van der Waals surface area contributed by atoms with Gasteiger partial charge in [-0.2, -0.15) is 0 Å². The summed E-state index contributed by atoms with van der Waals surface area (Å²) < 4.78 is 0. The molecule has 6 fully saturated rings. The smallest absolute Gasteiger partial charge is 0.246 e. The molecule has 7 nitrogen and oxygen atoms in total. The molecule has 2 atom stereocenters. The van der Waals surface area contributed by atoms with Gasteiger partial charge in [0.25, 0.3) is 0 Å². The quantitative estimate of drug-likeness (QED) is 0.298. The number of para-hydroxylation sites is 1. The summed E-state index contributed by atoms with van der Waals surface area (Å²) in [5.74, 6) is 2.94. The molecule has 6 aliphatic rings. The fraction of sp³-hybridized carbons (Fsp3) is 0.615. The molecule has 0 radical (unpaired) electrons. The van der Waals surface area contributed by atoms with Crippen LogP contribution < -0.4 is 5.32 Å². The maximum Gasteiger partial charge on any atom is 0.246 e. The van der Waals surface area contributed by atoms with E-state index in [-0.39, 0.29) is 28.7 Å². The Morgan fingerprint density at radius 1 is 1.00 bits per heavy atom. The number of piperidine rings is 1. The van der Waals surface area contributed by atoms with E-state index in [1.54, 1.807) is 6.20 Å². The minimum Gasteiger partial charge on any atom is -0.358 e. The average Bonchev–Trinajstić information content (AvgIpc) is 3.36. The summed E-state index contributed by atoms with van der Waals surface area (Å²) in [5.41, 5.74) is 3.72. The number of aromatic amines is 1. The summed E-state index contributed by atoms with van der Waals surface area (Å²) in [4.78, 5) is 42.2. The van der Waals surface area contributed by atoms with E-state index in [1.807, 2.05) is 23.2 Å². The van der Waals surface area contributed by atoms with Crippen LogP contribution in [0.3, 0.4) is 0 Å². The fourth-order valence-corrected chi connectivity index (χ4v) is 11.1. The van der Waals surface area contributed by atoms with Crippen molar-refractivity contribution < 1.29 is 9.59 Å². The van der Waals surface area contributed by atoms with Crippen molar-refractivity contribution >= 4 is 22.7 Å². The lowest BCUT2D eigenvalue weighted by atomic mass is 9.53. The number of hydrogen-bond acceptors (Lipinski definition) is 4. The summed E-state index contributed by atoms with van der Waals surface area (Å²) >= 11 is 0. The molecule has 2 N–H and O–H groups in total. The van der Waals surface area contributed by atoms with E-state index in [2.05, 4.69) is 72.3 Å². The van der Waals surface area contributed by atoms with Crippen LogP contribution in [0.2, 0.25) is 0 Å². The third kappa shape index (κ3) is 4.99. The lowest BCUT2D eigenvalue weighted by Gasteiger charge is -2.58. The Morgan fingerprint density at radius 3 is 2.33 bits per heavy atom. The molecule has 46 heavy (non-hydrogen) atoms. The molecule has 3 heterocycles. The van der Waals surface area contributed by atoms with Crippen LogP contribution in [-0.4, -0.2) is 62.8 Å². The summed E-state index contributed by atoms with van der Waals surface area (Å²) in [5, 5.41) is 5.01. The van der Waals surface area contributed by atoms with E-state index >= 15 is 0 Å². The zero-order chi connectivity index (χ0) is 31.8. The van der Waals surface area contributed by atoms with Gasteiger partial charge in [-0.05, 0) is 124 Å². The number of nitrogens with zero attached hydrogens (tertiary/aromatic N) is 3. The van der Waals surface area contributed by atoms with Gasteiger partial charge in [-0.3, -0.25) is 14.6 Å². The number of aromatic nitrogens is 2. The number of fused-ring (bicyclic) bond motifs is 1. The second-order valence-corrected chi connectivity index (χ2v) is 16.6. The van der Waals surface area contributed by atoms with Gasteiger partial charge in [0.1, 0.15) is 5.54 Å². The lowest BCUT2D eigenvalue weighted by Crippen LogP contribution is -2.69. The zero-order valence-electron chi connectivity index (χ0n) is 28.1. The first-order valence-corrected chi connectivity index (χ1v) is 17.8. The van der Waals surface area contributed by atoms with Crippen molar-refractivity contribution in [2.24, 2.45) is 29.1 Å². The number of likely N-dealkylation sites (tertiary alicyclic amines) is 1. The van der Waals surface area contributed by atoms with Crippen LogP contribution in [0.5, 0.6) is 0 Å². The Labute approximate surface area is 273 Å². The standard InChI is InChI=1S/C39H51N5O2/c1-25-34(30-9-5-6-10-32(30)41-25)35-31(37(35,2)3)19-33(45)44(24-26-8-7-13-40-23-26)39(11-14-43(4)15-12-39)36(46)42-38-20-27-16-28(21-38)18-29(17-27)22-38/h5-10,13,23,27-29,31,35,41H,11-12,14-22,24H2,1-4H3,(H,42,46). The molecule has 9 rings (SSSR count). The van der Waals surface area contributed by atoms with Crippen LogP contribution in [0.15, 0.2) is 48.8 Å². The van der Waals surface area contributed by atoms with E-state index in [0.717, 1.165) is 61.2 Å². The second kappa shape index (κ2) is 10.9. The predicted octanol–water partition coefficient (Wildman–Crippen LogP) is 6.58. The molecule has 4 bridgehead atoms. The van der Waals surface area contributed by atoms with Gasteiger partial charge in [0.2, 0.25) is 11.8 Å². The minimum atomic E-state index is -0.867. The number of rotatable bonds is 8. The Balaban J connectivity index is 1.12. The van der Waals surface area contributed by atoms with E-state index in [9.17, 15) is 9.59 Å². The van der Waals surface area contributed by atoms with E-state index < -0.39 is 5.54 Å². The third-order valence-corrected chi connectivity index (χ3v) is 13.2. The van der Waals surface area contributed by atoms with Gasteiger partial charge in [-0.15, -0.1) is 0 Å². The van der Waals surface area contributed by atoms with Crippen LogP contribution in [0.25, 0.3) is 10.9 Å². The third-order valence-electron chi connectivity index (χ3n) is 13.2. The van der Waals surface area contributed by atoms with E-state index in [1.165, 1.54) is 35.9 Å². The van der Waals surface area contributed by atoms with Gasteiger partial charge < -0.3 is 20.1 Å².